The van der Waals surface area contributed by atoms with Crippen molar-refractivity contribution in [2.24, 2.45) is 0 Å². The average molecular weight is 312 g/mol. The average Bonchev–Trinajstić information content (AvgIpc) is 2.87. The summed E-state index contributed by atoms with van der Waals surface area (Å²) in [5.41, 5.74) is 1.04. The van der Waals surface area contributed by atoms with Gasteiger partial charge in [0, 0.05) is 10.4 Å². The molecular formula is C10H6BrN3S2. The zero-order valence-corrected chi connectivity index (χ0v) is 11.2. The van der Waals surface area contributed by atoms with Gasteiger partial charge in [-0.25, -0.2) is 0 Å². The number of benzene rings is 1. The van der Waals surface area contributed by atoms with Crippen LogP contribution in [0.4, 0.5) is 10.8 Å². The number of anilines is 2. The number of rotatable bonds is 2. The summed E-state index contributed by atoms with van der Waals surface area (Å²) in [5.74, 6) is 0. The van der Waals surface area contributed by atoms with Gasteiger partial charge in [0.25, 0.3) is 0 Å². The molecule has 0 spiro atoms. The first kappa shape index (κ1) is 10.2. The summed E-state index contributed by atoms with van der Waals surface area (Å²) in [4.78, 5) is 0. The highest BCUT2D eigenvalue weighted by molar-refractivity contribution is 9.11. The van der Waals surface area contributed by atoms with Crippen molar-refractivity contribution in [3.8, 4) is 0 Å². The molecule has 2 heterocycles. The summed E-state index contributed by atoms with van der Waals surface area (Å²) in [6.07, 6.45) is 0. The van der Waals surface area contributed by atoms with Gasteiger partial charge in [0.2, 0.25) is 5.13 Å². The van der Waals surface area contributed by atoms with Gasteiger partial charge >= 0.3 is 0 Å². The Morgan fingerprint density at radius 1 is 1.19 bits per heavy atom. The van der Waals surface area contributed by atoms with Crippen LogP contribution < -0.4 is 5.32 Å². The van der Waals surface area contributed by atoms with Crippen LogP contribution in [0.3, 0.4) is 0 Å². The molecule has 0 amide bonds. The van der Waals surface area contributed by atoms with Gasteiger partial charge in [-0.05, 0) is 51.0 Å². The molecule has 0 bridgehead atoms. The second-order valence-electron chi connectivity index (χ2n) is 3.16. The first-order valence-corrected chi connectivity index (χ1v) is 7.03. The highest BCUT2D eigenvalue weighted by atomic mass is 79.9. The third-order valence-electron chi connectivity index (χ3n) is 2.10. The minimum absolute atomic E-state index is 0.784. The minimum atomic E-state index is 0.784. The van der Waals surface area contributed by atoms with Crippen LogP contribution in [0, 0.1) is 0 Å². The molecule has 0 saturated heterocycles. The Morgan fingerprint density at radius 3 is 2.94 bits per heavy atom. The third-order valence-corrected chi connectivity index (χ3v) is 4.27. The molecular weight excluding hydrogens is 306 g/mol. The van der Waals surface area contributed by atoms with Crippen molar-refractivity contribution in [1.82, 2.24) is 10.2 Å². The molecule has 0 fully saturated rings. The predicted octanol–water partition coefficient (Wildman–Crippen LogP) is 4.26. The van der Waals surface area contributed by atoms with Crippen LogP contribution in [0.2, 0.25) is 0 Å². The molecule has 0 aliphatic heterocycles. The maximum atomic E-state index is 3.99. The van der Waals surface area contributed by atoms with Crippen LogP contribution in [0.25, 0.3) is 10.1 Å². The number of halogens is 1. The lowest BCUT2D eigenvalue weighted by Crippen LogP contribution is -1.88. The van der Waals surface area contributed by atoms with Crippen molar-refractivity contribution in [2.75, 3.05) is 5.32 Å². The van der Waals surface area contributed by atoms with Crippen molar-refractivity contribution in [1.29, 1.82) is 0 Å². The molecule has 0 saturated carbocycles. The van der Waals surface area contributed by atoms with E-state index >= 15 is 0 Å². The molecule has 1 N–H and O–H groups in total. The zero-order chi connectivity index (χ0) is 11.0. The monoisotopic (exact) mass is 311 g/mol. The molecule has 3 rings (SSSR count). The summed E-state index contributed by atoms with van der Waals surface area (Å²) < 4.78 is 2.08. The fourth-order valence-corrected chi connectivity index (χ4v) is 3.23. The fraction of sp³-hybridized carbons (Fsp3) is 0. The van der Waals surface area contributed by atoms with E-state index in [1.54, 1.807) is 11.3 Å². The molecule has 0 unspecified atom stereocenters. The number of thiophene rings is 1. The number of hydrogen-bond acceptors (Lipinski definition) is 5. The van der Waals surface area contributed by atoms with Crippen molar-refractivity contribution in [3.05, 3.63) is 33.6 Å². The SMILES string of the molecule is Brc1nnc(Nc2ccc3sccc3c2)s1. The van der Waals surface area contributed by atoms with E-state index in [0.29, 0.717) is 0 Å². The van der Waals surface area contributed by atoms with Gasteiger partial charge in [0.1, 0.15) is 0 Å². The van der Waals surface area contributed by atoms with E-state index in [-0.39, 0.29) is 0 Å². The first-order valence-electron chi connectivity index (χ1n) is 4.54. The molecule has 0 radical (unpaired) electrons. The topological polar surface area (TPSA) is 37.8 Å². The zero-order valence-electron chi connectivity index (χ0n) is 7.98. The largest absolute Gasteiger partial charge is 0.330 e. The van der Waals surface area contributed by atoms with E-state index in [2.05, 4.69) is 55.0 Å². The highest BCUT2D eigenvalue weighted by Crippen LogP contribution is 2.28. The molecule has 3 nitrogen and oxygen atoms in total. The van der Waals surface area contributed by atoms with Crippen LogP contribution in [0.15, 0.2) is 33.6 Å². The summed E-state index contributed by atoms with van der Waals surface area (Å²) in [7, 11) is 0. The molecule has 0 aliphatic rings. The number of nitrogens with one attached hydrogen (secondary N) is 1. The highest BCUT2D eigenvalue weighted by Gasteiger charge is 2.02. The standard InChI is InChI=1S/C10H6BrN3S2/c11-9-13-14-10(16-9)12-7-1-2-8-6(5-7)3-4-15-8/h1-5H,(H,12,14). The van der Waals surface area contributed by atoms with Crippen molar-refractivity contribution in [3.63, 3.8) is 0 Å². The lowest BCUT2D eigenvalue weighted by atomic mass is 10.2. The fourth-order valence-electron chi connectivity index (χ4n) is 1.42. The van der Waals surface area contributed by atoms with E-state index < -0.39 is 0 Å². The van der Waals surface area contributed by atoms with E-state index in [9.17, 15) is 0 Å². The molecule has 16 heavy (non-hydrogen) atoms. The van der Waals surface area contributed by atoms with Gasteiger partial charge in [-0.2, -0.15) is 0 Å². The number of aromatic nitrogens is 2. The Labute approximate surface area is 108 Å². The predicted molar refractivity (Wildman–Crippen MR) is 72.7 cm³/mol. The Hall–Kier alpha value is -0.980. The molecule has 80 valence electrons. The Balaban J connectivity index is 1.94. The van der Waals surface area contributed by atoms with Crippen molar-refractivity contribution in [2.45, 2.75) is 0 Å². The summed E-state index contributed by atoms with van der Waals surface area (Å²) in [5, 5.41) is 15.2. The summed E-state index contributed by atoms with van der Waals surface area (Å²) in [6, 6.07) is 8.38. The van der Waals surface area contributed by atoms with Crippen LogP contribution in [0.5, 0.6) is 0 Å². The second-order valence-corrected chi connectivity index (χ2v) is 6.36. The number of nitrogens with zero attached hydrogens (tertiary/aromatic N) is 2. The van der Waals surface area contributed by atoms with Gasteiger partial charge in [-0.3, -0.25) is 0 Å². The van der Waals surface area contributed by atoms with Gasteiger partial charge in [-0.15, -0.1) is 21.5 Å². The van der Waals surface area contributed by atoms with Gasteiger partial charge in [0.05, 0.1) is 0 Å². The van der Waals surface area contributed by atoms with Crippen molar-refractivity contribution >= 4 is 59.5 Å². The maximum Gasteiger partial charge on any atom is 0.210 e. The molecule has 1 aromatic carbocycles. The smallest absolute Gasteiger partial charge is 0.210 e. The van der Waals surface area contributed by atoms with Crippen LogP contribution >= 0.6 is 38.6 Å². The van der Waals surface area contributed by atoms with Gasteiger partial charge in [0.15, 0.2) is 3.92 Å². The summed E-state index contributed by atoms with van der Waals surface area (Å²) >= 11 is 6.51. The third kappa shape index (κ3) is 1.95. The quantitative estimate of drug-likeness (QED) is 0.768. The lowest BCUT2D eigenvalue weighted by Gasteiger charge is -2.01. The normalized spacial score (nSPS) is 10.8. The molecule has 0 aliphatic carbocycles. The van der Waals surface area contributed by atoms with Crippen LogP contribution in [-0.2, 0) is 0 Å². The number of fused-ring (bicyclic) bond motifs is 1. The molecule has 2 aromatic heterocycles. The van der Waals surface area contributed by atoms with Crippen LogP contribution in [0.1, 0.15) is 0 Å². The molecule has 6 heteroatoms. The first-order chi connectivity index (χ1) is 7.81. The van der Waals surface area contributed by atoms with E-state index in [4.69, 9.17) is 0 Å². The number of hydrogen-bond donors (Lipinski definition) is 1. The van der Waals surface area contributed by atoms with Gasteiger partial charge in [-0.1, -0.05) is 11.3 Å². The Bertz CT molecular complexity index is 632. The minimum Gasteiger partial charge on any atom is -0.330 e. The van der Waals surface area contributed by atoms with Crippen LogP contribution in [-0.4, -0.2) is 10.2 Å². The van der Waals surface area contributed by atoms with Crippen molar-refractivity contribution < 1.29 is 0 Å². The van der Waals surface area contributed by atoms with E-state index in [1.807, 2.05) is 6.07 Å². The summed E-state index contributed by atoms with van der Waals surface area (Å²) in [6.45, 7) is 0. The lowest BCUT2D eigenvalue weighted by molar-refractivity contribution is 1.07. The van der Waals surface area contributed by atoms with E-state index in [1.165, 1.54) is 21.4 Å². The Morgan fingerprint density at radius 2 is 2.12 bits per heavy atom. The Kier molecular flexibility index (Phi) is 2.62. The van der Waals surface area contributed by atoms with Gasteiger partial charge < -0.3 is 5.32 Å². The molecule has 3 aromatic rings. The second kappa shape index (κ2) is 4.12. The van der Waals surface area contributed by atoms with E-state index in [0.717, 1.165) is 14.7 Å². The molecule has 0 atom stereocenters. The maximum absolute atomic E-state index is 3.99.